The van der Waals surface area contributed by atoms with Crippen LogP contribution in [0.2, 0.25) is 0 Å². The van der Waals surface area contributed by atoms with Gasteiger partial charge < -0.3 is 4.90 Å². The highest BCUT2D eigenvalue weighted by Gasteiger charge is 2.31. The molecule has 0 bridgehead atoms. The Morgan fingerprint density at radius 1 is 1.17 bits per heavy atom. The monoisotopic (exact) mass is 341 g/mol. The van der Waals surface area contributed by atoms with E-state index in [1.54, 1.807) is 11.3 Å². The Morgan fingerprint density at radius 3 is 2.75 bits per heavy atom. The molecular formula is C19H23N3OS. The zero-order valence-electron chi connectivity index (χ0n) is 13.9. The molecule has 1 aliphatic heterocycles. The van der Waals surface area contributed by atoms with Crippen LogP contribution in [0.15, 0.2) is 35.8 Å². The van der Waals surface area contributed by atoms with Gasteiger partial charge in [-0.25, -0.2) is 4.98 Å². The van der Waals surface area contributed by atoms with E-state index in [1.165, 1.54) is 16.1 Å². The topological polar surface area (TPSA) is 36.4 Å². The lowest BCUT2D eigenvalue weighted by atomic mass is 9.90. The Balaban J connectivity index is 1.30. The molecule has 4 nitrogen and oxygen atoms in total. The van der Waals surface area contributed by atoms with Gasteiger partial charge in [0, 0.05) is 43.5 Å². The Labute approximate surface area is 147 Å². The smallest absolute Gasteiger partial charge is 0.226 e. The molecule has 0 radical (unpaired) electrons. The molecule has 1 atom stereocenters. The number of hydrogen-bond donors (Lipinski definition) is 0. The second-order valence-electron chi connectivity index (χ2n) is 6.75. The maximum Gasteiger partial charge on any atom is 0.226 e. The molecule has 0 spiro atoms. The Morgan fingerprint density at radius 2 is 1.96 bits per heavy atom. The minimum Gasteiger partial charge on any atom is -0.340 e. The number of piperazine rings is 1. The molecule has 1 fully saturated rings. The van der Waals surface area contributed by atoms with Crippen LogP contribution in [-0.2, 0) is 24.2 Å². The molecule has 1 aromatic heterocycles. The molecule has 1 amide bonds. The quantitative estimate of drug-likeness (QED) is 0.861. The van der Waals surface area contributed by atoms with Gasteiger partial charge in [0.2, 0.25) is 5.91 Å². The van der Waals surface area contributed by atoms with Gasteiger partial charge in [-0.3, -0.25) is 9.69 Å². The van der Waals surface area contributed by atoms with Crippen LogP contribution < -0.4 is 0 Å². The average molecular weight is 341 g/mol. The van der Waals surface area contributed by atoms with Crippen molar-refractivity contribution in [3.8, 4) is 0 Å². The number of thiazole rings is 1. The van der Waals surface area contributed by atoms with E-state index in [0.29, 0.717) is 5.91 Å². The lowest BCUT2D eigenvalue weighted by molar-refractivity contribution is -0.137. The fraction of sp³-hybridized carbons (Fsp3) is 0.474. The molecule has 2 aliphatic rings. The molecule has 1 aromatic carbocycles. The van der Waals surface area contributed by atoms with Gasteiger partial charge in [0.25, 0.3) is 0 Å². The molecule has 2 aromatic rings. The SMILES string of the molecule is O=C(C1CCc2ncsc2C1)N1CCN(Cc2ccccc2)CC1. The maximum atomic E-state index is 12.8. The first kappa shape index (κ1) is 15.8. The van der Waals surface area contributed by atoms with Crippen molar-refractivity contribution in [1.82, 2.24) is 14.8 Å². The predicted molar refractivity (Wildman–Crippen MR) is 95.9 cm³/mol. The number of benzene rings is 1. The number of carbonyl (C=O) groups excluding carboxylic acids is 1. The zero-order valence-corrected chi connectivity index (χ0v) is 14.7. The first-order valence-electron chi connectivity index (χ1n) is 8.76. The van der Waals surface area contributed by atoms with Crippen molar-refractivity contribution < 1.29 is 4.79 Å². The summed E-state index contributed by atoms with van der Waals surface area (Å²) in [6.45, 7) is 4.64. The molecular weight excluding hydrogens is 318 g/mol. The molecule has 2 heterocycles. The van der Waals surface area contributed by atoms with E-state index in [0.717, 1.165) is 52.0 Å². The lowest BCUT2D eigenvalue weighted by Gasteiger charge is -2.37. The fourth-order valence-corrected chi connectivity index (χ4v) is 4.63. The molecule has 24 heavy (non-hydrogen) atoms. The maximum absolute atomic E-state index is 12.8. The van der Waals surface area contributed by atoms with Gasteiger partial charge in [-0.05, 0) is 24.8 Å². The minimum atomic E-state index is 0.165. The fourth-order valence-electron chi connectivity index (χ4n) is 3.74. The number of amides is 1. The summed E-state index contributed by atoms with van der Waals surface area (Å²) in [7, 11) is 0. The zero-order chi connectivity index (χ0) is 16.4. The molecule has 0 N–H and O–H groups in total. The van der Waals surface area contributed by atoms with Gasteiger partial charge in [0.1, 0.15) is 0 Å². The van der Waals surface area contributed by atoms with Crippen LogP contribution in [0, 0.1) is 5.92 Å². The minimum absolute atomic E-state index is 0.165. The first-order valence-corrected chi connectivity index (χ1v) is 9.64. The van der Waals surface area contributed by atoms with Gasteiger partial charge >= 0.3 is 0 Å². The summed E-state index contributed by atoms with van der Waals surface area (Å²) in [6, 6.07) is 10.6. The van der Waals surface area contributed by atoms with Crippen LogP contribution in [0.5, 0.6) is 0 Å². The van der Waals surface area contributed by atoms with E-state index >= 15 is 0 Å². The van der Waals surface area contributed by atoms with E-state index in [-0.39, 0.29) is 5.92 Å². The van der Waals surface area contributed by atoms with Gasteiger partial charge in [-0.2, -0.15) is 0 Å². The van der Waals surface area contributed by atoms with E-state index in [4.69, 9.17) is 0 Å². The van der Waals surface area contributed by atoms with Crippen molar-refractivity contribution >= 4 is 17.2 Å². The standard InChI is InChI=1S/C19H23N3OS/c23-19(16-6-7-17-18(12-16)24-14-20-17)22-10-8-21(9-11-22)13-15-4-2-1-3-5-15/h1-5,14,16H,6-13H2. The molecule has 126 valence electrons. The Kier molecular flexibility index (Phi) is 4.63. The van der Waals surface area contributed by atoms with Gasteiger partial charge in [0.05, 0.1) is 11.2 Å². The van der Waals surface area contributed by atoms with Crippen LogP contribution in [0.3, 0.4) is 0 Å². The van der Waals surface area contributed by atoms with E-state index in [9.17, 15) is 4.79 Å². The van der Waals surface area contributed by atoms with Crippen LogP contribution in [-0.4, -0.2) is 46.9 Å². The average Bonchev–Trinajstić information content (AvgIpc) is 3.10. The second kappa shape index (κ2) is 7.03. The first-order chi connectivity index (χ1) is 11.8. The Bertz CT molecular complexity index is 692. The molecule has 1 saturated heterocycles. The predicted octanol–water partition coefficient (Wildman–Crippen LogP) is 2.59. The van der Waals surface area contributed by atoms with Gasteiger partial charge in [-0.15, -0.1) is 11.3 Å². The normalized spacial score (nSPS) is 21.5. The number of carbonyl (C=O) groups is 1. The van der Waals surface area contributed by atoms with E-state index in [1.807, 2.05) is 5.51 Å². The van der Waals surface area contributed by atoms with Crippen molar-refractivity contribution in [2.24, 2.45) is 5.92 Å². The van der Waals surface area contributed by atoms with Gasteiger partial charge in [-0.1, -0.05) is 30.3 Å². The number of aryl methyl sites for hydroxylation is 1. The number of nitrogens with zero attached hydrogens (tertiary/aromatic N) is 3. The summed E-state index contributed by atoms with van der Waals surface area (Å²) in [5, 5.41) is 0. The molecule has 4 rings (SSSR count). The molecule has 1 aliphatic carbocycles. The third-order valence-electron chi connectivity index (χ3n) is 5.17. The van der Waals surface area contributed by atoms with E-state index in [2.05, 4.69) is 45.1 Å². The summed E-state index contributed by atoms with van der Waals surface area (Å²) < 4.78 is 0. The summed E-state index contributed by atoms with van der Waals surface area (Å²) in [4.78, 5) is 23.1. The number of hydrogen-bond acceptors (Lipinski definition) is 4. The third kappa shape index (κ3) is 3.37. The lowest BCUT2D eigenvalue weighted by Crippen LogP contribution is -2.50. The van der Waals surface area contributed by atoms with Crippen molar-refractivity contribution in [1.29, 1.82) is 0 Å². The van der Waals surface area contributed by atoms with Crippen molar-refractivity contribution in [3.05, 3.63) is 52.0 Å². The highest BCUT2D eigenvalue weighted by Crippen LogP contribution is 2.29. The molecule has 0 saturated carbocycles. The number of fused-ring (bicyclic) bond motifs is 1. The van der Waals surface area contributed by atoms with Crippen molar-refractivity contribution in [2.45, 2.75) is 25.8 Å². The second-order valence-corrected chi connectivity index (χ2v) is 7.69. The highest BCUT2D eigenvalue weighted by molar-refractivity contribution is 7.09. The molecule has 5 heteroatoms. The summed E-state index contributed by atoms with van der Waals surface area (Å²) in [6.07, 6.45) is 2.81. The number of aromatic nitrogens is 1. The summed E-state index contributed by atoms with van der Waals surface area (Å²) in [5.41, 5.74) is 4.49. The highest BCUT2D eigenvalue weighted by atomic mass is 32.1. The number of rotatable bonds is 3. The van der Waals surface area contributed by atoms with Crippen LogP contribution in [0.25, 0.3) is 0 Å². The Hall–Kier alpha value is -1.72. The third-order valence-corrected chi connectivity index (χ3v) is 6.07. The van der Waals surface area contributed by atoms with Crippen molar-refractivity contribution in [3.63, 3.8) is 0 Å². The summed E-state index contributed by atoms with van der Waals surface area (Å²) >= 11 is 1.70. The summed E-state index contributed by atoms with van der Waals surface area (Å²) in [5.74, 6) is 0.520. The van der Waals surface area contributed by atoms with Crippen LogP contribution in [0.4, 0.5) is 0 Å². The van der Waals surface area contributed by atoms with Crippen molar-refractivity contribution in [2.75, 3.05) is 26.2 Å². The van der Waals surface area contributed by atoms with Crippen LogP contribution >= 0.6 is 11.3 Å². The van der Waals surface area contributed by atoms with E-state index < -0.39 is 0 Å². The largest absolute Gasteiger partial charge is 0.340 e. The molecule has 1 unspecified atom stereocenters. The van der Waals surface area contributed by atoms with Gasteiger partial charge in [0.15, 0.2) is 0 Å². The van der Waals surface area contributed by atoms with Crippen LogP contribution in [0.1, 0.15) is 22.6 Å².